The molecule has 2 heterocycles. The molecular formula is C11H11N5O3. The van der Waals surface area contributed by atoms with E-state index < -0.39 is 11.5 Å². The van der Waals surface area contributed by atoms with Crippen LogP contribution in [0.5, 0.6) is 0 Å². The van der Waals surface area contributed by atoms with Crippen molar-refractivity contribution in [2.24, 2.45) is 0 Å². The Kier molecular flexibility index (Phi) is 2.44. The molecule has 19 heavy (non-hydrogen) atoms. The fourth-order valence-corrected chi connectivity index (χ4v) is 2.26. The lowest BCUT2D eigenvalue weighted by Crippen LogP contribution is -2.49. The third kappa shape index (κ3) is 1.56. The zero-order chi connectivity index (χ0) is 13.5. The predicted octanol–water partition coefficient (Wildman–Crippen LogP) is -0.00780. The molecule has 1 aliphatic rings. The fourth-order valence-electron chi connectivity index (χ4n) is 2.26. The zero-order valence-corrected chi connectivity index (χ0v) is 9.91. The molecule has 8 heteroatoms. The maximum Gasteiger partial charge on any atom is 0.331 e. The van der Waals surface area contributed by atoms with E-state index in [0.717, 1.165) is 6.42 Å². The lowest BCUT2D eigenvalue weighted by atomic mass is 9.76. The number of tetrazole rings is 1. The van der Waals surface area contributed by atoms with Crippen LogP contribution in [0.25, 0.3) is 11.4 Å². The van der Waals surface area contributed by atoms with E-state index in [2.05, 4.69) is 20.5 Å². The largest absolute Gasteiger partial charge is 0.479 e. The van der Waals surface area contributed by atoms with Gasteiger partial charge in [0.05, 0.1) is 5.56 Å². The second-order valence-electron chi connectivity index (χ2n) is 4.53. The van der Waals surface area contributed by atoms with Crippen LogP contribution in [0.2, 0.25) is 0 Å². The van der Waals surface area contributed by atoms with Gasteiger partial charge in [-0.3, -0.25) is 4.79 Å². The number of carbonyl (C=O) groups is 1. The van der Waals surface area contributed by atoms with Crippen LogP contribution in [0.3, 0.4) is 0 Å². The van der Waals surface area contributed by atoms with Crippen molar-refractivity contribution in [2.75, 3.05) is 0 Å². The number of hydrogen-bond acceptors (Lipinski definition) is 5. The molecule has 0 atom stereocenters. The number of aromatic amines is 1. The van der Waals surface area contributed by atoms with Gasteiger partial charge in [-0.25, -0.2) is 9.48 Å². The highest BCUT2D eigenvalue weighted by Gasteiger charge is 2.49. The lowest BCUT2D eigenvalue weighted by molar-refractivity contribution is -0.153. The summed E-state index contributed by atoms with van der Waals surface area (Å²) in [4.78, 5) is 26.0. The molecule has 1 fully saturated rings. The molecular weight excluding hydrogens is 250 g/mol. The van der Waals surface area contributed by atoms with Crippen LogP contribution in [0.15, 0.2) is 23.3 Å². The molecule has 8 nitrogen and oxygen atoms in total. The highest BCUT2D eigenvalue weighted by Crippen LogP contribution is 2.40. The first-order valence-corrected chi connectivity index (χ1v) is 5.85. The summed E-state index contributed by atoms with van der Waals surface area (Å²) in [7, 11) is 0. The van der Waals surface area contributed by atoms with Crippen molar-refractivity contribution in [2.45, 2.75) is 24.8 Å². The van der Waals surface area contributed by atoms with Crippen molar-refractivity contribution in [3.8, 4) is 11.4 Å². The Labute approximate surface area is 107 Å². The molecule has 0 amide bonds. The molecule has 98 valence electrons. The van der Waals surface area contributed by atoms with Crippen molar-refractivity contribution < 1.29 is 9.90 Å². The van der Waals surface area contributed by atoms with Crippen molar-refractivity contribution in [1.82, 2.24) is 25.2 Å². The maximum atomic E-state index is 11.8. The number of nitrogens with zero attached hydrogens (tertiary/aromatic N) is 4. The Bertz CT molecular complexity index is 685. The number of carboxylic acid groups (broad SMARTS) is 1. The first-order chi connectivity index (χ1) is 9.15. The second kappa shape index (κ2) is 4.01. The molecule has 0 aromatic carbocycles. The summed E-state index contributed by atoms with van der Waals surface area (Å²) in [5.41, 5.74) is -1.11. The number of nitrogens with one attached hydrogen (secondary N) is 1. The molecule has 0 radical (unpaired) electrons. The van der Waals surface area contributed by atoms with Crippen LogP contribution in [0, 0.1) is 0 Å². The summed E-state index contributed by atoms with van der Waals surface area (Å²) in [6, 6.07) is 1.35. The molecule has 2 aromatic rings. The molecule has 3 rings (SSSR count). The van der Waals surface area contributed by atoms with E-state index in [1.54, 1.807) is 0 Å². The number of aromatic nitrogens is 5. The summed E-state index contributed by atoms with van der Waals surface area (Å²) in [5, 5.41) is 20.5. The zero-order valence-electron chi connectivity index (χ0n) is 9.91. The number of aliphatic carboxylic acids is 1. The van der Waals surface area contributed by atoms with Gasteiger partial charge in [-0.15, -0.1) is 5.10 Å². The third-order valence-electron chi connectivity index (χ3n) is 3.52. The Morgan fingerprint density at radius 1 is 1.47 bits per heavy atom. The number of H-pyrrole nitrogens is 1. The Balaban J connectivity index is 2.17. The summed E-state index contributed by atoms with van der Waals surface area (Å²) in [5.74, 6) is -0.788. The van der Waals surface area contributed by atoms with Crippen molar-refractivity contribution in [3.63, 3.8) is 0 Å². The van der Waals surface area contributed by atoms with Crippen LogP contribution in [-0.2, 0) is 10.3 Å². The van der Waals surface area contributed by atoms with Crippen LogP contribution < -0.4 is 5.43 Å². The van der Waals surface area contributed by atoms with Gasteiger partial charge in [-0.1, -0.05) is 0 Å². The van der Waals surface area contributed by atoms with E-state index in [0.29, 0.717) is 12.8 Å². The Morgan fingerprint density at radius 2 is 2.26 bits per heavy atom. The number of pyridine rings is 1. The van der Waals surface area contributed by atoms with Crippen LogP contribution in [0.4, 0.5) is 0 Å². The molecule has 2 N–H and O–H groups in total. The minimum absolute atomic E-state index is 0.184. The van der Waals surface area contributed by atoms with E-state index in [9.17, 15) is 14.7 Å². The monoisotopic (exact) mass is 261 g/mol. The first-order valence-electron chi connectivity index (χ1n) is 5.85. The van der Waals surface area contributed by atoms with Crippen molar-refractivity contribution in [3.05, 3.63) is 28.7 Å². The number of rotatable bonds is 3. The summed E-state index contributed by atoms with van der Waals surface area (Å²) in [6.07, 6.45) is 4.70. The lowest BCUT2D eigenvalue weighted by Gasteiger charge is -2.37. The molecule has 0 spiro atoms. The fraction of sp³-hybridized carbons (Fsp3) is 0.364. The van der Waals surface area contributed by atoms with E-state index >= 15 is 0 Å². The maximum absolute atomic E-state index is 11.8. The van der Waals surface area contributed by atoms with Gasteiger partial charge < -0.3 is 10.1 Å². The average molecular weight is 261 g/mol. The average Bonchev–Trinajstić information content (AvgIpc) is 2.77. The van der Waals surface area contributed by atoms with Crippen molar-refractivity contribution in [1.29, 1.82) is 0 Å². The highest BCUT2D eigenvalue weighted by atomic mass is 16.4. The minimum Gasteiger partial charge on any atom is -0.479 e. The van der Waals surface area contributed by atoms with E-state index in [1.807, 2.05) is 0 Å². The SMILES string of the molecule is O=C(O)C1(n2nnnc2-c2c[nH]ccc2=O)CCC1. The van der Waals surface area contributed by atoms with Gasteiger partial charge in [-0.05, 0) is 29.7 Å². The molecule has 2 aromatic heterocycles. The molecule has 1 aliphatic carbocycles. The van der Waals surface area contributed by atoms with E-state index in [4.69, 9.17) is 0 Å². The number of hydrogen-bond donors (Lipinski definition) is 2. The van der Waals surface area contributed by atoms with Crippen LogP contribution in [0.1, 0.15) is 19.3 Å². The third-order valence-corrected chi connectivity index (χ3v) is 3.52. The predicted molar refractivity (Wildman–Crippen MR) is 63.3 cm³/mol. The van der Waals surface area contributed by atoms with Gasteiger partial charge in [0, 0.05) is 18.5 Å². The quantitative estimate of drug-likeness (QED) is 0.803. The number of carboxylic acids is 1. The van der Waals surface area contributed by atoms with E-state index in [1.165, 1.54) is 23.1 Å². The van der Waals surface area contributed by atoms with Crippen LogP contribution >= 0.6 is 0 Å². The Hall–Kier alpha value is -2.51. The van der Waals surface area contributed by atoms with Gasteiger partial charge in [0.25, 0.3) is 0 Å². The van der Waals surface area contributed by atoms with Gasteiger partial charge in [0.15, 0.2) is 16.8 Å². The first kappa shape index (κ1) is 11.6. The summed E-state index contributed by atoms with van der Waals surface area (Å²) < 4.78 is 1.25. The summed E-state index contributed by atoms with van der Waals surface area (Å²) in [6.45, 7) is 0. The Morgan fingerprint density at radius 3 is 2.84 bits per heavy atom. The normalized spacial score (nSPS) is 16.8. The topological polar surface area (TPSA) is 114 Å². The molecule has 0 bridgehead atoms. The van der Waals surface area contributed by atoms with Gasteiger partial charge >= 0.3 is 5.97 Å². The van der Waals surface area contributed by atoms with Gasteiger partial charge in [0.2, 0.25) is 0 Å². The van der Waals surface area contributed by atoms with Crippen molar-refractivity contribution >= 4 is 5.97 Å². The molecule has 1 saturated carbocycles. The molecule has 0 aliphatic heterocycles. The van der Waals surface area contributed by atoms with Crippen LogP contribution in [-0.4, -0.2) is 36.3 Å². The summed E-state index contributed by atoms with van der Waals surface area (Å²) >= 11 is 0. The van der Waals surface area contributed by atoms with E-state index in [-0.39, 0.29) is 16.8 Å². The van der Waals surface area contributed by atoms with Gasteiger partial charge in [0.1, 0.15) is 0 Å². The minimum atomic E-state index is -1.12. The molecule has 0 unspecified atom stereocenters. The second-order valence-corrected chi connectivity index (χ2v) is 4.53. The highest BCUT2D eigenvalue weighted by molar-refractivity contribution is 5.78. The van der Waals surface area contributed by atoms with Gasteiger partial charge in [-0.2, -0.15) is 0 Å². The molecule has 0 saturated heterocycles. The standard InChI is InChI=1S/C11H11N5O3/c17-8-2-5-12-6-7(8)9-13-14-15-16(9)11(10(18)19)3-1-4-11/h2,5-6H,1,3-4H2,(H,12,17)(H,18,19). The smallest absolute Gasteiger partial charge is 0.331 e.